The highest BCUT2D eigenvalue weighted by Crippen LogP contribution is 2.44. The number of fused-ring (bicyclic) bond motifs is 9. The molecule has 4 heteroatoms. The number of amidine groups is 1. The summed E-state index contributed by atoms with van der Waals surface area (Å²) in [5.41, 5.74) is 9.35. The van der Waals surface area contributed by atoms with Crippen LogP contribution in [-0.4, -0.2) is 16.1 Å². The van der Waals surface area contributed by atoms with Crippen molar-refractivity contribution in [2.45, 2.75) is 13.0 Å². The number of para-hydroxylation sites is 2. The second-order valence-corrected chi connectivity index (χ2v) is 15.4. The summed E-state index contributed by atoms with van der Waals surface area (Å²) in [4.78, 5) is 11.1. The maximum absolute atomic E-state index is 6.66. The molecule has 11 aromatic rings. The molecule has 1 aliphatic heterocycles. The highest BCUT2D eigenvalue weighted by Gasteiger charge is 2.33. The molecule has 0 spiro atoms. The number of hydrogen-bond acceptors (Lipinski definition) is 3. The minimum atomic E-state index is -0.283. The summed E-state index contributed by atoms with van der Waals surface area (Å²) in [6.07, 6.45) is 0. The lowest BCUT2D eigenvalue weighted by atomic mass is 9.84. The number of rotatable bonds is 4. The van der Waals surface area contributed by atoms with Gasteiger partial charge in [-0.3, -0.25) is 4.99 Å². The Morgan fingerprint density at radius 2 is 1.05 bits per heavy atom. The molecular formula is C53H35N3O. The van der Waals surface area contributed by atoms with Gasteiger partial charge in [0.2, 0.25) is 0 Å². The van der Waals surface area contributed by atoms with E-state index in [9.17, 15) is 0 Å². The third-order valence-corrected chi connectivity index (χ3v) is 12.1. The van der Waals surface area contributed by atoms with Gasteiger partial charge < -0.3 is 8.98 Å². The van der Waals surface area contributed by atoms with E-state index in [1.165, 1.54) is 37.7 Å². The molecule has 9 aromatic carbocycles. The number of aromatic nitrogens is 1. The first-order valence-electron chi connectivity index (χ1n) is 19.7. The average Bonchev–Trinajstić information content (AvgIpc) is 3.79. The average molecular weight is 730 g/mol. The monoisotopic (exact) mass is 729 g/mol. The molecule has 0 aliphatic carbocycles. The second-order valence-electron chi connectivity index (χ2n) is 15.4. The zero-order valence-electron chi connectivity index (χ0n) is 31.2. The lowest BCUT2D eigenvalue weighted by Crippen LogP contribution is -2.27. The van der Waals surface area contributed by atoms with Crippen molar-refractivity contribution in [2.75, 3.05) is 0 Å². The van der Waals surface area contributed by atoms with Gasteiger partial charge in [-0.2, -0.15) is 0 Å². The number of aliphatic imine (C=N–C) groups is 2. The molecule has 1 aliphatic rings. The topological polar surface area (TPSA) is 42.8 Å². The normalized spacial score (nSPS) is 16.0. The SMILES string of the molecule is CC1C(c2ccc3ccccc3c2)=NC(c2ccc3ccccc3c2)=NC1c1cc2oc3ccccc3c2cc1-n1c2ccccc2c2cc3ccccc3cc21. The Balaban J connectivity index is 1.16. The molecule has 2 atom stereocenters. The van der Waals surface area contributed by atoms with Crippen LogP contribution in [0.1, 0.15) is 29.7 Å². The molecule has 0 N–H and O–H groups in total. The van der Waals surface area contributed by atoms with Crippen molar-refractivity contribution >= 4 is 87.6 Å². The van der Waals surface area contributed by atoms with Gasteiger partial charge >= 0.3 is 0 Å². The molecule has 12 rings (SSSR count). The molecule has 0 radical (unpaired) electrons. The number of furan rings is 1. The van der Waals surface area contributed by atoms with Crippen molar-refractivity contribution in [3.8, 4) is 5.69 Å². The van der Waals surface area contributed by atoms with E-state index in [2.05, 4.69) is 187 Å². The Morgan fingerprint density at radius 1 is 0.456 bits per heavy atom. The fourth-order valence-electron chi connectivity index (χ4n) is 9.24. The van der Waals surface area contributed by atoms with Crippen LogP contribution in [0.5, 0.6) is 0 Å². The Hall–Kier alpha value is -7.30. The zero-order valence-corrected chi connectivity index (χ0v) is 31.2. The largest absolute Gasteiger partial charge is 0.456 e. The molecule has 0 bridgehead atoms. The van der Waals surface area contributed by atoms with E-state index >= 15 is 0 Å². The zero-order chi connectivity index (χ0) is 37.6. The van der Waals surface area contributed by atoms with Gasteiger partial charge in [0.05, 0.1) is 28.5 Å². The van der Waals surface area contributed by atoms with Crippen LogP contribution in [0.25, 0.3) is 81.7 Å². The fourth-order valence-corrected chi connectivity index (χ4v) is 9.24. The van der Waals surface area contributed by atoms with Gasteiger partial charge in [-0.05, 0) is 86.4 Å². The number of nitrogens with zero attached hydrogens (tertiary/aromatic N) is 3. The van der Waals surface area contributed by atoms with E-state index in [0.29, 0.717) is 0 Å². The van der Waals surface area contributed by atoms with Gasteiger partial charge in [0, 0.05) is 38.6 Å². The molecule has 2 unspecified atom stereocenters. The van der Waals surface area contributed by atoms with Crippen molar-refractivity contribution in [3.63, 3.8) is 0 Å². The summed E-state index contributed by atoms with van der Waals surface area (Å²) in [6, 6.07) is 65.1. The van der Waals surface area contributed by atoms with Crippen molar-refractivity contribution in [2.24, 2.45) is 15.9 Å². The molecular weight excluding hydrogens is 695 g/mol. The van der Waals surface area contributed by atoms with Crippen LogP contribution in [0.2, 0.25) is 0 Å². The molecule has 0 fully saturated rings. The van der Waals surface area contributed by atoms with Crippen molar-refractivity contribution in [3.05, 3.63) is 199 Å². The second kappa shape index (κ2) is 12.4. The highest BCUT2D eigenvalue weighted by atomic mass is 16.3. The quantitative estimate of drug-likeness (QED) is 0.178. The molecule has 2 aromatic heterocycles. The highest BCUT2D eigenvalue weighted by molar-refractivity contribution is 6.17. The molecule has 57 heavy (non-hydrogen) atoms. The van der Waals surface area contributed by atoms with Crippen molar-refractivity contribution in [1.29, 1.82) is 0 Å². The summed E-state index contributed by atoms with van der Waals surface area (Å²) >= 11 is 0. The lowest BCUT2D eigenvalue weighted by Gasteiger charge is -2.30. The predicted molar refractivity (Wildman–Crippen MR) is 238 cm³/mol. The summed E-state index contributed by atoms with van der Waals surface area (Å²) in [5.74, 6) is 0.667. The Morgan fingerprint density at radius 3 is 1.81 bits per heavy atom. The predicted octanol–water partition coefficient (Wildman–Crippen LogP) is 13.8. The standard InChI is InChI=1S/C53H35N3O/c1-32-51(39-24-22-33-12-2-4-14-35(33)26-39)54-53(40-25-23-34-13-3-5-15-36(34)27-40)55-52(32)45-31-50-44(42-19-9-11-21-49(42)57-50)30-48(45)56-46-20-10-8-18-41(46)43-28-37-16-6-7-17-38(37)29-47(43)56/h2-32,52H,1H3. The number of benzene rings is 9. The van der Waals surface area contributed by atoms with E-state index in [1.807, 2.05) is 6.07 Å². The summed E-state index contributed by atoms with van der Waals surface area (Å²) in [5, 5.41) is 11.8. The van der Waals surface area contributed by atoms with E-state index in [-0.39, 0.29) is 12.0 Å². The maximum Gasteiger partial charge on any atom is 0.155 e. The lowest BCUT2D eigenvalue weighted by molar-refractivity contribution is 0.588. The van der Waals surface area contributed by atoms with Crippen LogP contribution in [0.15, 0.2) is 196 Å². The first kappa shape index (κ1) is 32.0. The Labute approximate surface area is 328 Å². The first-order chi connectivity index (χ1) is 28.1. The molecule has 0 saturated heterocycles. The van der Waals surface area contributed by atoms with Crippen LogP contribution in [0, 0.1) is 5.92 Å². The van der Waals surface area contributed by atoms with Crippen LogP contribution in [-0.2, 0) is 0 Å². The van der Waals surface area contributed by atoms with Crippen LogP contribution in [0.3, 0.4) is 0 Å². The van der Waals surface area contributed by atoms with Crippen LogP contribution >= 0.6 is 0 Å². The Bertz CT molecular complexity index is 3510. The number of hydrogen-bond donors (Lipinski definition) is 0. The fraction of sp³-hybridized carbons (Fsp3) is 0.0566. The molecule has 0 saturated carbocycles. The van der Waals surface area contributed by atoms with E-state index < -0.39 is 0 Å². The van der Waals surface area contributed by atoms with Crippen molar-refractivity contribution in [1.82, 2.24) is 4.57 Å². The summed E-state index contributed by atoms with van der Waals surface area (Å²) in [7, 11) is 0. The summed E-state index contributed by atoms with van der Waals surface area (Å²) in [6.45, 7) is 2.28. The van der Waals surface area contributed by atoms with Crippen molar-refractivity contribution < 1.29 is 4.42 Å². The molecule has 3 heterocycles. The molecule has 268 valence electrons. The molecule has 4 nitrogen and oxygen atoms in total. The van der Waals surface area contributed by atoms with Crippen LogP contribution in [0.4, 0.5) is 0 Å². The van der Waals surface area contributed by atoms with Gasteiger partial charge in [0.25, 0.3) is 0 Å². The first-order valence-corrected chi connectivity index (χ1v) is 19.7. The van der Waals surface area contributed by atoms with E-state index in [4.69, 9.17) is 14.4 Å². The van der Waals surface area contributed by atoms with Gasteiger partial charge in [0.1, 0.15) is 11.2 Å². The smallest absolute Gasteiger partial charge is 0.155 e. The third kappa shape index (κ3) is 5.00. The van der Waals surface area contributed by atoms with Crippen LogP contribution < -0.4 is 0 Å². The van der Waals surface area contributed by atoms with Gasteiger partial charge in [-0.15, -0.1) is 0 Å². The third-order valence-electron chi connectivity index (χ3n) is 12.1. The Kier molecular flexibility index (Phi) is 6.93. The minimum Gasteiger partial charge on any atom is -0.456 e. The molecule has 0 amide bonds. The minimum absolute atomic E-state index is 0.0649. The maximum atomic E-state index is 6.66. The van der Waals surface area contributed by atoms with Gasteiger partial charge in [-0.1, -0.05) is 140 Å². The van der Waals surface area contributed by atoms with E-state index in [0.717, 1.165) is 72.3 Å². The van der Waals surface area contributed by atoms with E-state index in [1.54, 1.807) is 0 Å². The van der Waals surface area contributed by atoms with Gasteiger partial charge in [0.15, 0.2) is 5.84 Å². The van der Waals surface area contributed by atoms with Gasteiger partial charge in [-0.25, -0.2) is 4.99 Å². The summed E-state index contributed by atoms with van der Waals surface area (Å²) < 4.78 is 9.12.